The van der Waals surface area contributed by atoms with Crippen molar-refractivity contribution in [2.24, 2.45) is 0 Å². The molecule has 3 rings (SSSR count). The topological polar surface area (TPSA) is 64.0 Å². The first-order valence-corrected chi connectivity index (χ1v) is 10.8. The van der Waals surface area contributed by atoms with Crippen LogP contribution in [0, 0.1) is 20.8 Å². The van der Waals surface area contributed by atoms with E-state index in [-0.39, 0.29) is 0 Å². The van der Waals surface area contributed by atoms with Crippen LogP contribution in [0.15, 0.2) is 41.6 Å². The smallest absolute Gasteiger partial charge is 0.240 e. The lowest BCUT2D eigenvalue weighted by atomic mass is 10.1. The number of hydrogen-bond donors (Lipinski definition) is 1. The Labute approximate surface area is 161 Å². The third-order valence-corrected chi connectivity index (χ3v) is 6.55. The van der Waals surface area contributed by atoms with Gasteiger partial charge in [-0.25, -0.2) is 18.1 Å². The van der Waals surface area contributed by atoms with Crippen molar-refractivity contribution in [3.63, 3.8) is 0 Å². The van der Waals surface area contributed by atoms with E-state index in [1.54, 1.807) is 12.3 Å². The average Bonchev–Trinajstić information content (AvgIpc) is 2.96. The van der Waals surface area contributed by atoms with Gasteiger partial charge in [0, 0.05) is 30.9 Å². The fraction of sp³-hybridized carbons (Fsp3) is 0.381. The molecule has 0 saturated heterocycles. The number of hydrogen-bond acceptors (Lipinski definition) is 3. The molecule has 0 saturated carbocycles. The van der Waals surface area contributed by atoms with Crippen molar-refractivity contribution in [1.82, 2.24) is 14.3 Å². The Hall–Kier alpha value is -2.18. The lowest BCUT2D eigenvalue weighted by Gasteiger charge is -2.11. The van der Waals surface area contributed by atoms with E-state index in [0.29, 0.717) is 17.9 Å². The first kappa shape index (κ1) is 19.6. The molecule has 5 nitrogen and oxygen atoms in total. The molecule has 3 aromatic rings. The van der Waals surface area contributed by atoms with Crippen LogP contribution in [0.5, 0.6) is 0 Å². The molecule has 0 unspecified atom stereocenters. The summed E-state index contributed by atoms with van der Waals surface area (Å²) in [6, 6.07) is 7.65. The predicted molar refractivity (Wildman–Crippen MR) is 110 cm³/mol. The van der Waals surface area contributed by atoms with Gasteiger partial charge in [0.1, 0.15) is 5.65 Å². The summed E-state index contributed by atoms with van der Waals surface area (Å²) < 4.78 is 30.4. The molecule has 0 bridgehead atoms. The molecule has 0 fully saturated rings. The molecule has 0 aliphatic heterocycles. The standard InChI is InChI=1S/C21H27N3O2S/c1-5-11-24-14-18(19-7-6-9-22-21(19)24)8-10-23-27(25,26)20-13-16(3)15(2)12-17(20)4/h6-7,9,12-14,23H,5,8,10-11H2,1-4H3. The van der Waals surface area contributed by atoms with Gasteiger partial charge in [0.05, 0.1) is 4.90 Å². The van der Waals surface area contributed by atoms with Gasteiger partial charge in [0.15, 0.2) is 0 Å². The highest BCUT2D eigenvalue weighted by Gasteiger charge is 2.18. The summed E-state index contributed by atoms with van der Waals surface area (Å²) in [7, 11) is -3.53. The Bertz CT molecular complexity index is 1070. The number of nitrogens with one attached hydrogen (secondary N) is 1. The van der Waals surface area contributed by atoms with Gasteiger partial charge in [0.2, 0.25) is 10.0 Å². The van der Waals surface area contributed by atoms with Crippen molar-refractivity contribution in [1.29, 1.82) is 0 Å². The zero-order chi connectivity index (χ0) is 19.6. The maximum absolute atomic E-state index is 12.7. The van der Waals surface area contributed by atoms with Crippen LogP contribution < -0.4 is 4.72 Å². The maximum atomic E-state index is 12.7. The first-order chi connectivity index (χ1) is 12.8. The van der Waals surface area contributed by atoms with Gasteiger partial charge >= 0.3 is 0 Å². The lowest BCUT2D eigenvalue weighted by Crippen LogP contribution is -2.26. The van der Waals surface area contributed by atoms with Crippen molar-refractivity contribution in [2.75, 3.05) is 6.54 Å². The third-order valence-electron chi connectivity index (χ3n) is 4.95. The van der Waals surface area contributed by atoms with E-state index in [0.717, 1.165) is 46.3 Å². The molecule has 0 atom stereocenters. The van der Waals surface area contributed by atoms with E-state index in [2.05, 4.69) is 27.4 Å². The van der Waals surface area contributed by atoms with Crippen molar-refractivity contribution in [3.8, 4) is 0 Å². The fourth-order valence-corrected chi connectivity index (χ4v) is 4.77. The third kappa shape index (κ3) is 4.06. The molecule has 0 spiro atoms. The summed E-state index contributed by atoms with van der Waals surface area (Å²) in [5.74, 6) is 0. The Balaban J connectivity index is 1.78. The molecule has 0 amide bonds. The second-order valence-corrected chi connectivity index (χ2v) is 8.81. The molecular weight excluding hydrogens is 358 g/mol. The summed E-state index contributed by atoms with van der Waals surface area (Å²) in [6.45, 7) is 9.16. The molecule has 0 aliphatic carbocycles. The van der Waals surface area contributed by atoms with Gasteiger partial charge in [-0.05, 0) is 74.1 Å². The molecular formula is C21H27N3O2S. The van der Waals surface area contributed by atoms with E-state index in [1.165, 1.54) is 0 Å². The van der Waals surface area contributed by atoms with E-state index in [4.69, 9.17) is 0 Å². The average molecular weight is 386 g/mol. The number of fused-ring (bicyclic) bond motifs is 1. The molecule has 2 aromatic heterocycles. The summed E-state index contributed by atoms with van der Waals surface area (Å²) in [6.07, 6.45) is 5.54. The predicted octanol–water partition coefficient (Wildman–Crippen LogP) is 3.89. The highest BCUT2D eigenvalue weighted by atomic mass is 32.2. The molecule has 144 valence electrons. The largest absolute Gasteiger partial charge is 0.332 e. The number of benzene rings is 1. The molecule has 0 radical (unpaired) electrons. The Morgan fingerprint density at radius 2 is 1.85 bits per heavy atom. The van der Waals surface area contributed by atoms with E-state index in [9.17, 15) is 8.42 Å². The van der Waals surface area contributed by atoms with Crippen LogP contribution in [0.25, 0.3) is 11.0 Å². The van der Waals surface area contributed by atoms with Crippen molar-refractivity contribution >= 4 is 21.1 Å². The van der Waals surface area contributed by atoms with Crippen LogP contribution in [0.3, 0.4) is 0 Å². The summed E-state index contributed by atoms with van der Waals surface area (Å²) in [4.78, 5) is 4.84. The Kier molecular flexibility index (Phi) is 5.67. The van der Waals surface area contributed by atoms with Crippen LogP contribution in [-0.2, 0) is 23.0 Å². The molecule has 2 heterocycles. The minimum absolute atomic E-state index is 0.356. The van der Waals surface area contributed by atoms with Crippen LogP contribution in [-0.4, -0.2) is 24.5 Å². The zero-order valence-electron chi connectivity index (χ0n) is 16.4. The number of aromatic nitrogens is 2. The van der Waals surface area contributed by atoms with Crippen LogP contribution >= 0.6 is 0 Å². The van der Waals surface area contributed by atoms with Gasteiger partial charge < -0.3 is 4.57 Å². The van der Waals surface area contributed by atoms with Gasteiger partial charge in [0.25, 0.3) is 0 Å². The minimum atomic E-state index is -3.53. The molecule has 6 heteroatoms. The maximum Gasteiger partial charge on any atom is 0.240 e. The van der Waals surface area contributed by atoms with Crippen LogP contribution in [0.2, 0.25) is 0 Å². The van der Waals surface area contributed by atoms with Gasteiger partial charge in [-0.15, -0.1) is 0 Å². The monoisotopic (exact) mass is 385 g/mol. The Morgan fingerprint density at radius 1 is 1.11 bits per heavy atom. The van der Waals surface area contributed by atoms with E-state index in [1.807, 2.05) is 39.0 Å². The number of pyridine rings is 1. The summed E-state index contributed by atoms with van der Waals surface area (Å²) >= 11 is 0. The molecule has 27 heavy (non-hydrogen) atoms. The zero-order valence-corrected chi connectivity index (χ0v) is 17.2. The van der Waals surface area contributed by atoms with Crippen LogP contribution in [0.1, 0.15) is 35.6 Å². The first-order valence-electron chi connectivity index (χ1n) is 9.33. The van der Waals surface area contributed by atoms with Crippen LogP contribution in [0.4, 0.5) is 0 Å². The molecule has 0 aliphatic rings. The normalized spacial score (nSPS) is 12.0. The molecule has 1 aromatic carbocycles. The van der Waals surface area contributed by atoms with Crippen molar-refractivity contribution < 1.29 is 8.42 Å². The van der Waals surface area contributed by atoms with E-state index >= 15 is 0 Å². The number of aryl methyl sites for hydroxylation is 4. The Morgan fingerprint density at radius 3 is 2.59 bits per heavy atom. The van der Waals surface area contributed by atoms with E-state index < -0.39 is 10.0 Å². The minimum Gasteiger partial charge on any atom is -0.332 e. The van der Waals surface area contributed by atoms with Crippen molar-refractivity contribution in [3.05, 3.63) is 58.9 Å². The quantitative estimate of drug-likeness (QED) is 0.671. The number of nitrogens with zero attached hydrogens (tertiary/aromatic N) is 2. The van der Waals surface area contributed by atoms with Gasteiger partial charge in [-0.3, -0.25) is 0 Å². The lowest BCUT2D eigenvalue weighted by molar-refractivity contribution is 0.581. The van der Waals surface area contributed by atoms with Gasteiger partial charge in [-0.2, -0.15) is 0 Å². The number of sulfonamides is 1. The fourth-order valence-electron chi connectivity index (χ4n) is 3.43. The summed E-state index contributed by atoms with van der Waals surface area (Å²) in [5.41, 5.74) is 4.93. The molecule has 1 N–H and O–H groups in total. The second-order valence-electron chi connectivity index (χ2n) is 7.07. The summed E-state index contributed by atoms with van der Waals surface area (Å²) in [5, 5.41) is 1.09. The van der Waals surface area contributed by atoms with Crippen molar-refractivity contribution in [2.45, 2.75) is 52.0 Å². The number of rotatable bonds is 7. The second kappa shape index (κ2) is 7.82. The highest BCUT2D eigenvalue weighted by molar-refractivity contribution is 7.89. The van der Waals surface area contributed by atoms with Gasteiger partial charge in [-0.1, -0.05) is 13.0 Å². The highest BCUT2D eigenvalue weighted by Crippen LogP contribution is 2.22. The SMILES string of the molecule is CCCn1cc(CCNS(=O)(=O)c2cc(C)c(C)cc2C)c2cccnc21.